The summed E-state index contributed by atoms with van der Waals surface area (Å²) in [5.74, 6) is 0.288. The zero-order chi connectivity index (χ0) is 17.1. The molecule has 1 amide bonds. The van der Waals surface area contributed by atoms with Crippen molar-refractivity contribution in [1.29, 1.82) is 0 Å². The Morgan fingerprint density at radius 1 is 1.25 bits per heavy atom. The van der Waals surface area contributed by atoms with Crippen LogP contribution in [0.3, 0.4) is 0 Å². The zero-order valence-corrected chi connectivity index (χ0v) is 14.8. The lowest BCUT2D eigenvalue weighted by Gasteiger charge is -2.02. The molecule has 0 saturated heterocycles. The second kappa shape index (κ2) is 7.06. The number of halogens is 2. The average Bonchev–Trinajstić information content (AvgIpc) is 3.02. The normalized spacial score (nSPS) is 10.5. The summed E-state index contributed by atoms with van der Waals surface area (Å²) in [4.78, 5) is 16.4. The predicted molar refractivity (Wildman–Crippen MR) is 94.0 cm³/mol. The summed E-state index contributed by atoms with van der Waals surface area (Å²) >= 11 is 4.21. The summed E-state index contributed by atoms with van der Waals surface area (Å²) in [5.41, 5.74) is 1.00. The minimum absolute atomic E-state index is 0.197. The SMILES string of the molecule is COc1ccc(-c2nsc(NC(=O)c3cc(F)cc(Br)c3)n2)cc1. The van der Waals surface area contributed by atoms with Crippen molar-refractivity contribution in [3.63, 3.8) is 0 Å². The largest absolute Gasteiger partial charge is 0.497 e. The van der Waals surface area contributed by atoms with E-state index in [-0.39, 0.29) is 5.56 Å². The Kier molecular flexibility index (Phi) is 4.86. The molecule has 8 heteroatoms. The van der Waals surface area contributed by atoms with E-state index in [2.05, 4.69) is 30.6 Å². The summed E-state index contributed by atoms with van der Waals surface area (Å²) in [6.45, 7) is 0. The number of rotatable bonds is 4. The maximum atomic E-state index is 13.4. The number of hydrogen-bond acceptors (Lipinski definition) is 5. The predicted octanol–water partition coefficient (Wildman–Crippen LogP) is 4.37. The van der Waals surface area contributed by atoms with Gasteiger partial charge in [-0.3, -0.25) is 10.1 Å². The summed E-state index contributed by atoms with van der Waals surface area (Å²) in [6, 6.07) is 11.2. The van der Waals surface area contributed by atoms with Crippen molar-refractivity contribution in [3.05, 3.63) is 58.3 Å². The molecular formula is C16H11BrFN3O2S. The van der Waals surface area contributed by atoms with E-state index in [9.17, 15) is 9.18 Å². The molecule has 122 valence electrons. The maximum absolute atomic E-state index is 13.4. The fraction of sp³-hybridized carbons (Fsp3) is 0.0625. The van der Waals surface area contributed by atoms with Gasteiger partial charge in [-0.25, -0.2) is 4.39 Å². The number of ether oxygens (including phenoxy) is 1. The van der Waals surface area contributed by atoms with Gasteiger partial charge >= 0.3 is 0 Å². The van der Waals surface area contributed by atoms with E-state index in [0.29, 0.717) is 15.4 Å². The van der Waals surface area contributed by atoms with Crippen LogP contribution in [0.1, 0.15) is 10.4 Å². The van der Waals surface area contributed by atoms with Gasteiger partial charge in [0.05, 0.1) is 7.11 Å². The van der Waals surface area contributed by atoms with E-state index in [4.69, 9.17) is 4.74 Å². The first-order chi connectivity index (χ1) is 11.5. The summed E-state index contributed by atoms with van der Waals surface area (Å²) < 4.78 is 23.2. The Morgan fingerprint density at radius 3 is 2.67 bits per heavy atom. The fourth-order valence-corrected chi connectivity index (χ4v) is 3.04. The lowest BCUT2D eigenvalue weighted by Crippen LogP contribution is -2.12. The molecule has 2 aromatic carbocycles. The smallest absolute Gasteiger partial charge is 0.257 e. The van der Waals surface area contributed by atoms with Crippen LogP contribution in [-0.4, -0.2) is 22.4 Å². The van der Waals surface area contributed by atoms with Gasteiger partial charge in [0.15, 0.2) is 5.82 Å². The standard InChI is InChI=1S/C16H11BrFN3O2S/c1-23-13-4-2-9(3-5-13)14-19-16(24-21-14)20-15(22)10-6-11(17)8-12(18)7-10/h2-8H,1H3,(H,19,20,21,22). The van der Waals surface area contributed by atoms with Gasteiger partial charge < -0.3 is 4.74 Å². The van der Waals surface area contributed by atoms with Crippen LogP contribution in [0.15, 0.2) is 46.9 Å². The van der Waals surface area contributed by atoms with E-state index < -0.39 is 11.7 Å². The van der Waals surface area contributed by atoms with Crippen LogP contribution in [0.5, 0.6) is 5.75 Å². The summed E-state index contributed by atoms with van der Waals surface area (Å²) in [5, 5.41) is 2.96. The van der Waals surface area contributed by atoms with Gasteiger partial charge in [0, 0.05) is 27.1 Å². The zero-order valence-electron chi connectivity index (χ0n) is 12.4. The average molecular weight is 408 g/mol. The molecule has 3 rings (SSSR count). The van der Waals surface area contributed by atoms with Crippen LogP contribution in [-0.2, 0) is 0 Å². The van der Waals surface area contributed by atoms with Gasteiger partial charge in [-0.05, 0) is 42.5 Å². The van der Waals surface area contributed by atoms with Crippen molar-refractivity contribution >= 4 is 38.5 Å². The van der Waals surface area contributed by atoms with Crippen LogP contribution < -0.4 is 10.1 Å². The Labute approximate surface area is 149 Å². The van der Waals surface area contributed by atoms with Crippen LogP contribution in [0.4, 0.5) is 9.52 Å². The second-order valence-corrected chi connectivity index (χ2v) is 6.43. The third-order valence-corrected chi connectivity index (χ3v) is 4.21. The lowest BCUT2D eigenvalue weighted by atomic mass is 10.2. The van der Waals surface area contributed by atoms with Gasteiger partial charge in [0.2, 0.25) is 5.13 Å². The number of benzene rings is 2. The molecule has 0 spiro atoms. The van der Waals surface area contributed by atoms with Gasteiger partial charge in [-0.2, -0.15) is 9.36 Å². The fourth-order valence-electron chi connectivity index (χ4n) is 1.99. The molecule has 0 bridgehead atoms. The van der Waals surface area contributed by atoms with E-state index >= 15 is 0 Å². The first-order valence-electron chi connectivity index (χ1n) is 6.81. The third kappa shape index (κ3) is 3.77. The highest BCUT2D eigenvalue weighted by Crippen LogP contribution is 2.24. The van der Waals surface area contributed by atoms with E-state index in [1.807, 2.05) is 12.1 Å². The van der Waals surface area contributed by atoms with Crippen molar-refractivity contribution in [1.82, 2.24) is 9.36 Å². The number of aromatic nitrogens is 2. The molecule has 3 aromatic rings. The van der Waals surface area contributed by atoms with Crippen molar-refractivity contribution in [2.75, 3.05) is 12.4 Å². The molecule has 0 aliphatic carbocycles. The highest BCUT2D eigenvalue weighted by atomic mass is 79.9. The van der Waals surface area contributed by atoms with Crippen molar-refractivity contribution < 1.29 is 13.9 Å². The van der Waals surface area contributed by atoms with Gasteiger partial charge in [-0.15, -0.1) is 0 Å². The van der Waals surface area contributed by atoms with Crippen LogP contribution >= 0.6 is 27.5 Å². The molecule has 0 unspecified atom stereocenters. The molecule has 0 saturated carbocycles. The number of anilines is 1. The Hall–Kier alpha value is -2.32. The summed E-state index contributed by atoms with van der Waals surface area (Å²) in [7, 11) is 1.59. The Balaban J connectivity index is 1.76. The van der Waals surface area contributed by atoms with E-state index in [1.165, 1.54) is 12.1 Å². The number of carbonyl (C=O) groups is 1. The Bertz CT molecular complexity index is 863. The number of nitrogens with one attached hydrogen (secondary N) is 1. The van der Waals surface area contributed by atoms with Crippen LogP contribution in [0.25, 0.3) is 11.4 Å². The highest BCUT2D eigenvalue weighted by Gasteiger charge is 2.13. The molecule has 5 nitrogen and oxygen atoms in total. The quantitative estimate of drug-likeness (QED) is 0.697. The first kappa shape index (κ1) is 16.5. The molecule has 1 N–H and O–H groups in total. The molecule has 24 heavy (non-hydrogen) atoms. The molecule has 0 aliphatic rings. The minimum atomic E-state index is -0.495. The topological polar surface area (TPSA) is 64.1 Å². The minimum Gasteiger partial charge on any atom is -0.497 e. The Morgan fingerprint density at radius 2 is 2.00 bits per heavy atom. The van der Waals surface area contributed by atoms with Gasteiger partial charge in [0.25, 0.3) is 5.91 Å². The number of nitrogens with zero attached hydrogens (tertiary/aromatic N) is 2. The monoisotopic (exact) mass is 407 g/mol. The number of hydrogen-bond donors (Lipinski definition) is 1. The van der Waals surface area contributed by atoms with E-state index in [1.54, 1.807) is 19.2 Å². The highest BCUT2D eigenvalue weighted by molar-refractivity contribution is 9.10. The molecular weight excluding hydrogens is 397 g/mol. The third-order valence-electron chi connectivity index (χ3n) is 3.12. The lowest BCUT2D eigenvalue weighted by molar-refractivity contribution is 0.102. The number of amides is 1. The molecule has 1 aromatic heterocycles. The van der Waals surface area contributed by atoms with E-state index in [0.717, 1.165) is 28.9 Å². The summed E-state index contributed by atoms with van der Waals surface area (Å²) in [6.07, 6.45) is 0. The van der Waals surface area contributed by atoms with Crippen molar-refractivity contribution in [2.45, 2.75) is 0 Å². The second-order valence-electron chi connectivity index (χ2n) is 4.76. The molecule has 0 aliphatic heterocycles. The number of methoxy groups -OCH3 is 1. The molecule has 0 atom stereocenters. The van der Waals surface area contributed by atoms with Gasteiger partial charge in [-0.1, -0.05) is 15.9 Å². The molecule has 0 fully saturated rings. The molecule has 1 heterocycles. The first-order valence-corrected chi connectivity index (χ1v) is 8.37. The molecule has 0 radical (unpaired) electrons. The van der Waals surface area contributed by atoms with Gasteiger partial charge in [0.1, 0.15) is 11.6 Å². The van der Waals surface area contributed by atoms with Crippen molar-refractivity contribution in [2.24, 2.45) is 0 Å². The van der Waals surface area contributed by atoms with Crippen molar-refractivity contribution in [3.8, 4) is 17.1 Å². The maximum Gasteiger partial charge on any atom is 0.257 e. The van der Waals surface area contributed by atoms with Crippen LogP contribution in [0, 0.1) is 5.82 Å². The number of carbonyl (C=O) groups excluding carboxylic acids is 1. The van der Waals surface area contributed by atoms with Crippen LogP contribution in [0.2, 0.25) is 0 Å².